The van der Waals surface area contributed by atoms with E-state index in [1.54, 1.807) is 6.66 Å². The van der Waals surface area contributed by atoms with Crippen molar-refractivity contribution in [3.05, 3.63) is 35.9 Å². The van der Waals surface area contributed by atoms with Gasteiger partial charge in [0.15, 0.2) is 0 Å². The van der Waals surface area contributed by atoms with Gasteiger partial charge >= 0.3 is 0 Å². The minimum Gasteiger partial charge on any atom is -0.390 e. The predicted octanol–water partition coefficient (Wildman–Crippen LogP) is 0.239. The molecule has 0 aliphatic carbocycles. The summed E-state index contributed by atoms with van der Waals surface area (Å²) >= 11 is 0. The largest absolute Gasteiger partial charge is 0.390 e. The van der Waals surface area contributed by atoms with E-state index < -0.39 is 26.1 Å². The van der Waals surface area contributed by atoms with Gasteiger partial charge in [-0.05, 0) is 18.6 Å². The number of benzene rings is 1. The Labute approximate surface area is 136 Å². The van der Waals surface area contributed by atoms with Gasteiger partial charge in [0.2, 0.25) is 6.41 Å². The van der Waals surface area contributed by atoms with E-state index >= 15 is 0 Å². The normalized spacial score (nSPS) is 16.3. The molecule has 1 aromatic carbocycles. The predicted molar refractivity (Wildman–Crippen MR) is 86.4 cm³/mol. The zero-order chi connectivity index (χ0) is 17.2. The first-order valence-corrected chi connectivity index (χ1v) is 9.48. The van der Waals surface area contributed by atoms with Crippen LogP contribution in [0, 0.1) is 0 Å². The molecule has 0 fully saturated rings. The fourth-order valence-electron chi connectivity index (χ4n) is 1.93. The number of hydroxylamine groups is 2. The molecule has 0 bridgehead atoms. The van der Waals surface area contributed by atoms with E-state index in [1.807, 2.05) is 30.3 Å². The van der Waals surface area contributed by atoms with E-state index in [-0.39, 0.29) is 25.7 Å². The molecule has 1 aromatic rings. The number of amides is 1. The van der Waals surface area contributed by atoms with Crippen molar-refractivity contribution in [1.82, 2.24) is 5.06 Å². The monoisotopic (exact) mass is 345 g/mol. The van der Waals surface area contributed by atoms with Crippen molar-refractivity contribution in [2.24, 2.45) is 0 Å². The molecule has 0 aromatic heterocycles. The first kappa shape index (κ1) is 19.8. The summed E-state index contributed by atoms with van der Waals surface area (Å²) in [6.07, 6.45) is -3.21. The van der Waals surface area contributed by atoms with Gasteiger partial charge in [0, 0.05) is 6.16 Å². The van der Waals surface area contributed by atoms with Crippen LogP contribution in [0.1, 0.15) is 12.0 Å². The fourth-order valence-corrected chi connectivity index (χ4v) is 2.63. The van der Waals surface area contributed by atoms with Crippen LogP contribution in [-0.4, -0.2) is 64.5 Å². The van der Waals surface area contributed by atoms with Gasteiger partial charge in [-0.3, -0.25) is 9.63 Å². The van der Waals surface area contributed by atoms with Gasteiger partial charge < -0.3 is 19.9 Å². The van der Waals surface area contributed by atoms with Crippen LogP contribution < -0.4 is 0 Å². The van der Waals surface area contributed by atoms with Gasteiger partial charge in [0.25, 0.3) is 0 Å². The Morgan fingerprint density at radius 1 is 1.22 bits per heavy atom. The van der Waals surface area contributed by atoms with Crippen LogP contribution in [0.25, 0.3) is 0 Å². The molecule has 1 amide bonds. The summed E-state index contributed by atoms with van der Waals surface area (Å²) in [5.41, 5.74) is 0.850. The smallest absolute Gasteiger partial charge is 0.233 e. The molecule has 4 atom stereocenters. The van der Waals surface area contributed by atoms with Crippen molar-refractivity contribution in [3.8, 4) is 0 Å². The maximum absolute atomic E-state index is 11.0. The summed E-state index contributed by atoms with van der Waals surface area (Å²) in [6.45, 7) is 1.42. The molecule has 8 heteroatoms. The number of aliphatic hydroxyl groups excluding tert-OH is 3. The Morgan fingerprint density at radius 3 is 2.43 bits per heavy atom. The van der Waals surface area contributed by atoms with Gasteiger partial charge in [-0.25, -0.2) is 5.06 Å². The highest BCUT2D eigenvalue weighted by atomic mass is 31.1. The van der Waals surface area contributed by atoms with Crippen molar-refractivity contribution in [2.45, 2.75) is 31.3 Å². The maximum Gasteiger partial charge on any atom is 0.233 e. The van der Waals surface area contributed by atoms with Gasteiger partial charge in [-0.2, -0.15) is 0 Å². The molecular formula is C15H24NO6P. The summed E-state index contributed by atoms with van der Waals surface area (Å²) in [6, 6.07) is 9.17. The van der Waals surface area contributed by atoms with E-state index in [0.29, 0.717) is 6.41 Å². The molecular weight excluding hydrogens is 321 g/mol. The van der Waals surface area contributed by atoms with E-state index in [0.717, 1.165) is 10.6 Å². The fraction of sp³-hybridized carbons (Fsp3) is 0.533. The highest BCUT2D eigenvalue weighted by molar-refractivity contribution is 7.43. The van der Waals surface area contributed by atoms with Crippen LogP contribution in [0.15, 0.2) is 30.3 Å². The first-order valence-electron chi connectivity index (χ1n) is 7.36. The third-order valence-electron chi connectivity index (χ3n) is 3.31. The SMILES string of the molecule is C[PH](=O)CC[C@@H](O)[C@@H](O)[C@@H](O)CN(C=O)OCc1ccccc1. The first-order chi connectivity index (χ1) is 10.9. The number of aliphatic hydroxyl groups is 3. The minimum absolute atomic E-state index is 0.123. The maximum atomic E-state index is 11.0. The number of nitrogens with zero attached hydrogens (tertiary/aromatic N) is 1. The Bertz CT molecular complexity index is 486. The van der Waals surface area contributed by atoms with Crippen molar-refractivity contribution in [3.63, 3.8) is 0 Å². The van der Waals surface area contributed by atoms with Gasteiger partial charge in [0.05, 0.1) is 20.4 Å². The van der Waals surface area contributed by atoms with E-state index in [9.17, 15) is 24.7 Å². The molecule has 23 heavy (non-hydrogen) atoms. The lowest BCUT2D eigenvalue weighted by Gasteiger charge is -2.26. The molecule has 3 N–H and O–H groups in total. The van der Waals surface area contributed by atoms with Crippen LogP contribution in [0.2, 0.25) is 0 Å². The van der Waals surface area contributed by atoms with Crippen LogP contribution >= 0.6 is 7.80 Å². The number of hydrogen-bond acceptors (Lipinski definition) is 6. The molecule has 0 saturated carbocycles. The van der Waals surface area contributed by atoms with Crippen molar-refractivity contribution in [1.29, 1.82) is 0 Å². The minimum atomic E-state index is -1.75. The lowest BCUT2D eigenvalue weighted by Crippen LogP contribution is -2.44. The highest BCUT2D eigenvalue weighted by Gasteiger charge is 2.26. The van der Waals surface area contributed by atoms with Crippen LogP contribution in [0.5, 0.6) is 0 Å². The second-order valence-electron chi connectivity index (χ2n) is 5.33. The third-order valence-corrected chi connectivity index (χ3v) is 4.30. The van der Waals surface area contributed by atoms with Gasteiger partial charge in [-0.1, -0.05) is 30.3 Å². The third kappa shape index (κ3) is 7.72. The number of hydrogen-bond donors (Lipinski definition) is 3. The summed E-state index contributed by atoms with van der Waals surface area (Å²) in [5.74, 6) is 0. The zero-order valence-corrected chi connectivity index (χ0v) is 14.0. The van der Waals surface area contributed by atoms with Crippen molar-refractivity contribution >= 4 is 14.2 Å². The lowest BCUT2D eigenvalue weighted by atomic mass is 10.1. The molecule has 0 heterocycles. The van der Waals surface area contributed by atoms with Crippen molar-refractivity contribution in [2.75, 3.05) is 19.4 Å². The Kier molecular flexibility index (Phi) is 9.06. The average Bonchev–Trinajstić information content (AvgIpc) is 2.56. The Balaban J connectivity index is 2.43. The van der Waals surface area contributed by atoms with Gasteiger partial charge in [-0.15, -0.1) is 0 Å². The van der Waals surface area contributed by atoms with Crippen LogP contribution in [0.3, 0.4) is 0 Å². The van der Waals surface area contributed by atoms with Gasteiger partial charge in [0.1, 0.15) is 18.8 Å². The molecule has 0 aliphatic heterocycles. The molecule has 0 aliphatic rings. The zero-order valence-electron chi connectivity index (χ0n) is 13.0. The summed E-state index contributed by atoms with van der Waals surface area (Å²) in [7, 11) is -1.75. The molecule has 0 radical (unpaired) electrons. The quantitative estimate of drug-likeness (QED) is 0.301. The van der Waals surface area contributed by atoms with Crippen LogP contribution in [-0.2, 0) is 20.8 Å². The van der Waals surface area contributed by atoms with Crippen LogP contribution in [0.4, 0.5) is 0 Å². The molecule has 1 rings (SSSR count). The molecule has 0 saturated heterocycles. The van der Waals surface area contributed by atoms with E-state index in [2.05, 4.69) is 0 Å². The van der Waals surface area contributed by atoms with E-state index in [1.165, 1.54) is 0 Å². The standard InChI is InChI=1S/C15H24NO6P/c1-23(21)8-7-13(18)15(20)14(19)9-16(11-17)22-10-12-5-3-2-4-6-12/h2-6,11,13-15,18-20,23H,7-10H2,1H3/t13-,14+,15-/m1/s1. The Morgan fingerprint density at radius 2 is 1.87 bits per heavy atom. The lowest BCUT2D eigenvalue weighted by molar-refractivity contribution is -0.192. The Hall–Kier alpha value is -1.24. The topological polar surface area (TPSA) is 107 Å². The average molecular weight is 345 g/mol. The number of carbonyl (C=O) groups excluding carboxylic acids is 1. The van der Waals surface area contributed by atoms with E-state index in [4.69, 9.17) is 4.84 Å². The second kappa shape index (κ2) is 10.5. The number of rotatable bonds is 11. The number of carbonyl (C=O) groups is 1. The molecule has 130 valence electrons. The van der Waals surface area contributed by atoms with Crippen molar-refractivity contribution < 1.29 is 29.5 Å². The summed E-state index contributed by atoms with van der Waals surface area (Å²) in [4.78, 5) is 16.2. The molecule has 7 nitrogen and oxygen atoms in total. The summed E-state index contributed by atoms with van der Waals surface area (Å²) in [5, 5.41) is 30.4. The second-order valence-corrected chi connectivity index (χ2v) is 7.23. The molecule has 1 unspecified atom stereocenters. The highest BCUT2D eigenvalue weighted by Crippen LogP contribution is 2.18. The molecule has 0 spiro atoms. The summed E-state index contributed by atoms with van der Waals surface area (Å²) < 4.78 is 11.0.